The van der Waals surface area contributed by atoms with Crippen molar-refractivity contribution in [3.63, 3.8) is 0 Å². The zero-order valence-corrected chi connectivity index (χ0v) is 14.6. The molecule has 1 aromatic heterocycles. The van der Waals surface area contributed by atoms with E-state index in [1.165, 1.54) is 38.8 Å². The van der Waals surface area contributed by atoms with Crippen molar-refractivity contribution in [1.82, 2.24) is 14.9 Å². The first-order valence-corrected chi connectivity index (χ1v) is 8.81. The standard InChI is InChI=1S/C18H28N4O/c1-18(2,3)16-12-14(13-23)19-17(20-16)22-10-6-15(7-11-22)21-8-4-5-9-21/h12-13,15H,4-11H2,1-3H3. The number of nitrogens with zero attached hydrogens (tertiary/aromatic N) is 4. The normalized spacial score (nSPS) is 20.9. The molecule has 3 rings (SSSR count). The molecule has 0 aliphatic carbocycles. The van der Waals surface area contributed by atoms with Gasteiger partial charge in [-0.3, -0.25) is 4.79 Å². The zero-order chi connectivity index (χ0) is 16.4. The number of anilines is 1. The highest BCUT2D eigenvalue weighted by molar-refractivity contribution is 5.72. The van der Waals surface area contributed by atoms with Crippen LogP contribution in [0.15, 0.2) is 6.07 Å². The average molecular weight is 316 g/mol. The Morgan fingerprint density at radius 3 is 2.30 bits per heavy atom. The van der Waals surface area contributed by atoms with Gasteiger partial charge in [0.25, 0.3) is 0 Å². The monoisotopic (exact) mass is 316 g/mol. The third-order valence-corrected chi connectivity index (χ3v) is 5.03. The van der Waals surface area contributed by atoms with E-state index in [-0.39, 0.29) is 5.41 Å². The van der Waals surface area contributed by atoms with E-state index in [4.69, 9.17) is 4.98 Å². The summed E-state index contributed by atoms with van der Waals surface area (Å²) in [5.74, 6) is 0.722. The Balaban J connectivity index is 1.73. The van der Waals surface area contributed by atoms with Crippen LogP contribution in [0.5, 0.6) is 0 Å². The van der Waals surface area contributed by atoms with Crippen LogP contribution in [-0.2, 0) is 5.41 Å². The van der Waals surface area contributed by atoms with Gasteiger partial charge in [0.05, 0.1) is 5.69 Å². The molecule has 5 nitrogen and oxygen atoms in total. The van der Waals surface area contributed by atoms with Gasteiger partial charge in [-0.2, -0.15) is 0 Å². The fourth-order valence-electron chi connectivity index (χ4n) is 3.58. The van der Waals surface area contributed by atoms with Crippen LogP contribution in [0.1, 0.15) is 62.6 Å². The minimum atomic E-state index is -0.0800. The molecule has 0 amide bonds. The van der Waals surface area contributed by atoms with Crippen molar-refractivity contribution in [1.29, 1.82) is 0 Å². The Morgan fingerprint density at radius 1 is 1.09 bits per heavy atom. The Morgan fingerprint density at radius 2 is 1.74 bits per heavy atom. The molecule has 3 heterocycles. The summed E-state index contributed by atoms with van der Waals surface area (Å²) in [5, 5.41) is 0. The number of hydrogen-bond acceptors (Lipinski definition) is 5. The molecule has 126 valence electrons. The average Bonchev–Trinajstić information content (AvgIpc) is 3.08. The van der Waals surface area contributed by atoms with Crippen LogP contribution < -0.4 is 4.90 Å². The highest BCUT2D eigenvalue weighted by Gasteiger charge is 2.28. The molecule has 2 saturated heterocycles. The van der Waals surface area contributed by atoms with Crippen molar-refractivity contribution < 1.29 is 4.79 Å². The Hall–Kier alpha value is -1.49. The molecule has 0 aromatic carbocycles. The third-order valence-electron chi connectivity index (χ3n) is 5.03. The molecule has 0 N–H and O–H groups in total. The summed E-state index contributed by atoms with van der Waals surface area (Å²) in [6.07, 6.45) is 5.86. The summed E-state index contributed by atoms with van der Waals surface area (Å²) in [6.45, 7) is 10.8. The van der Waals surface area contributed by atoms with Crippen molar-refractivity contribution in [2.45, 2.75) is 57.9 Å². The highest BCUT2D eigenvalue weighted by Crippen LogP contribution is 2.26. The van der Waals surface area contributed by atoms with Crippen molar-refractivity contribution in [2.24, 2.45) is 0 Å². The highest BCUT2D eigenvalue weighted by atomic mass is 16.1. The molecule has 2 fully saturated rings. The number of likely N-dealkylation sites (tertiary alicyclic amines) is 1. The van der Waals surface area contributed by atoms with Crippen LogP contribution >= 0.6 is 0 Å². The zero-order valence-electron chi connectivity index (χ0n) is 14.6. The van der Waals surface area contributed by atoms with Crippen LogP contribution in [0, 0.1) is 0 Å². The van der Waals surface area contributed by atoms with E-state index in [0.29, 0.717) is 11.7 Å². The van der Waals surface area contributed by atoms with Crippen LogP contribution in [0.2, 0.25) is 0 Å². The molecule has 23 heavy (non-hydrogen) atoms. The second kappa shape index (κ2) is 6.56. The van der Waals surface area contributed by atoms with E-state index >= 15 is 0 Å². The molecule has 0 spiro atoms. The van der Waals surface area contributed by atoms with Gasteiger partial charge in [0.1, 0.15) is 5.69 Å². The number of aromatic nitrogens is 2. The summed E-state index contributed by atoms with van der Waals surface area (Å²) in [5.41, 5.74) is 1.34. The number of piperidine rings is 1. The predicted octanol–water partition coefficient (Wildman–Crippen LogP) is 2.65. The summed E-state index contributed by atoms with van der Waals surface area (Å²) in [7, 11) is 0. The van der Waals surface area contributed by atoms with Gasteiger partial charge in [-0.25, -0.2) is 9.97 Å². The van der Waals surface area contributed by atoms with Gasteiger partial charge in [0, 0.05) is 24.5 Å². The maximum Gasteiger partial charge on any atom is 0.226 e. The van der Waals surface area contributed by atoms with Gasteiger partial charge in [0.2, 0.25) is 5.95 Å². The predicted molar refractivity (Wildman–Crippen MR) is 92.2 cm³/mol. The Labute approximate surface area is 139 Å². The maximum absolute atomic E-state index is 11.2. The van der Waals surface area contributed by atoms with Gasteiger partial charge in [-0.05, 0) is 44.8 Å². The van der Waals surface area contributed by atoms with E-state index < -0.39 is 0 Å². The molecule has 0 unspecified atom stereocenters. The molecule has 0 saturated carbocycles. The molecule has 0 atom stereocenters. The van der Waals surface area contributed by atoms with E-state index in [0.717, 1.165) is 31.0 Å². The lowest BCUT2D eigenvalue weighted by molar-refractivity contribution is 0.111. The molecule has 1 aromatic rings. The molecule has 5 heteroatoms. The molecule has 2 aliphatic heterocycles. The molecule has 0 radical (unpaired) electrons. The SMILES string of the molecule is CC(C)(C)c1cc(C=O)nc(N2CCC(N3CCCC3)CC2)n1. The lowest BCUT2D eigenvalue weighted by Crippen LogP contribution is -2.44. The maximum atomic E-state index is 11.2. The van der Waals surface area contributed by atoms with Gasteiger partial charge in [-0.15, -0.1) is 0 Å². The van der Waals surface area contributed by atoms with Crippen molar-refractivity contribution in [3.05, 3.63) is 17.5 Å². The first kappa shape index (κ1) is 16.4. The second-order valence-corrected chi connectivity index (χ2v) is 7.81. The number of carbonyl (C=O) groups excluding carboxylic acids is 1. The number of carbonyl (C=O) groups is 1. The first-order chi connectivity index (χ1) is 11.0. The quantitative estimate of drug-likeness (QED) is 0.802. The first-order valence-electron chi connectivity index (χ1n) is 8.81. The van der Waals surface area contributed by atoms with Gasteiger partial charge in [-0.1, -0.05) is 20.8 Å². The van der Waals surface area contributed by atoms with E-state index in [1.807, 2.05) is 6.07 Å². The number of rotatable bonds is 3. The van der Waals surface area contributed by atoms with Crippen molar-refractivity contribution >= 4 is 12.2 Å². The van der Waals surface area contributed by atoms with Crippen LogP contribution in [0.25, 0.3) is 0 Å². The van der Waals surface area contributed by atoms with E-state index in [9.17, 15) is 4.79 Å². The third kappa shape index (κ3) is 3.71. The van der Waals surface area contributed by atoms with Gasteiger partial charge < -0.3 is 9.80 Å². The minimum Gasteiger partial charge on any atom is -0.341 e. The van der Waals surface area contributed by atoms with Gasteiger partial charge in [0.15, 0.2) is 6.29 Å². The fourth-order valence-corrected chi connectivity index (χ4v) is 3.58. The second-order valence-electron chi connectivity index (χ2n) is 7.81. The lowest BCUT2D eigenvalue weighted by atomic mass is 9.91. The lowest BCUT2D eigenvalue weighted by Gasteiger charge is -2.37. The number of aldehydes is 1. The van der Waals surface area contributed by atoms with Crippen LogP contribution in [0.4, 0.5) is 5.95 Å². The summed E-state index contributed by atoms with van der Waals surface area (Å²) in [4.78, 5) is 25.3. The molecular formula is C18H28N4O. The Bertz CT molecular complexity index is 553. The van der Waals surface area contributed by atoms with Crippen molar-refractivity contribution in [3.8, 4) is 0 Å². The summed E-state index contributed by atoms with van der Waals surface area (Å²) < 4.78 is 0. The largest absolute Gasteiger partial charge is 0.341 e. The molecule has 2 aliphatic rings. The summed E-state index contributed by atoms with van der Waals surface area (Å²) in [6, 6.07) is 2.53. The molecular weight excluding hydrogens is 288 g/mol. The molecule has 0 bridgehead atoms. The van der Waals surface area contributed by atoms with Crippen LogP contribution in [0.3, 0.4) is 0 Å². The topological polar surface area (TPSA) is 49.3 Å². The minimum absolute atomic E-state index is 0.0800. The van der Waals surface area contributed by atoms with E-state index in [1.54, 1.807) is 0 Å². The number of hydrogen-bond donors (Lipinski definition) is 0. The fraction of sp³-hybridized carbons (Fsp3) is 0.722. The Kier molecular flexibility index (Phi) is 4.67. The smallest absolute Gasteiger partial charge is 0.226 e. The van der Waals surface area contributed by atoms with E-state index in [2.05, 4.69) is 35.6 Å². The van der Waals surface area contributed by atoms with Crippen molar-refractivity contribution in [2.75, 3.05) is 31.1 Å². The van der Waals surface area contributed by atoms with Gasteiger partial charge >= 0.3 is 0 Å². The summed E-state index contributed by atoms with van der Waals surface area (Å²) >= 11 is 0. The van der Waals surface area contributed by atoms with Crippen LogP contribution in [-0.4, -0.2) is 53.4 Å².